The van der Waals surface area contributed by atoms with Crippen LogP contribution in [0.15, 0.2) is 18.3 Å². The van der Waals surface area contributed by atoms with E-state index in [1.807, 2.05) is 12.3 Å². The smallest absolute Gasteiger partial charge is 0.120 e. The number of aromatic amines is 1. The van der Waals surface area contributed by atoms with Crippen molar-refractivity contribution in [3.8, 4) is 5.75 Å². The van der Waals surface area contributed by atoms with Gasteiger partial charge in [0.05, 0.1) is 0 Å². The Morgan fingerprint density at radius 3 is 3.14 bits per heavy atom. The van der Waals surface area contributed by atoms with E-state index in [0.29, 0.717) is 5.75 Å². The molecular formula is C11H12N2O. The van der Waals surface area contributed by atoms with Gasteiger partial charge in [0.1, 0.15) is 5.75 Å². The predicted octanol–water partition coefficient (Wildman–Crippen LogP) is 1.52. The van der Waals surface area contributed by atoms with E-state index in [1.165, 1.54) is 10.9 Å². The van der Waals surface area contributed by atoms with E-state index in [0.717, 1.165) is 30.6 Å². The minimum absolute atomic E-state index is 0.396. The van der Waals surface area contributed by atoms with Crippen molar-refractivity contribution < 1.29 is 5.11 Å². The lowest BCUT2D eigenvalue weighted by Gasteiger charge is -2.04. The Hall–Kier alpha value is -1.48. The lowest BCUT2D eigenvalue weighted by atomic mass is 10.1. The van der Waals surface area contributed by atoms with E-state index in [2.05, 4.69) is 10.3 Å². The number of phenolic OH excluding ortho intramolecular Hbond substituents is 1. The quantitative estimate of drug-likeness (QED) is 0.587. The number of phenols is 1. The van der Waals surface area contributed by atoms with Crippen molar-refractivity contribution in [1.82, 2.24) is 10.3 Å². The third-order valence-corrected chi connectivity index (χ3v) is 2.88. The molecule has 0 bridgehead atoms. The van der Waals surface area contributed by atoms with Crippen LogP contribution in [0.3, 0.4) is 0 Å². The molecule has 3 nitrogen and oxygen atoms in total. The Morgan fingerprint density at radius 2 is 2.21 bits per heavy atom. The van der Waals surface area contributed by atoms with Gasteiger partial charge in [-0.05, 0) is 30.7 Å². The number of hydrogen-bond acceptors (Lipinski definition) is 2. The van der Waals surface area contributed by atoms with Gasteiger partial charge in [-0.2, -0.15) is 0 Å². The van der Waals surface area contributed by atoms with Crippen molar-refractivity contribution in [3.05, 3.63) is 29.5 Å². The fourth-order valence-electron chi connectivity index (χ4n) is 2.17. The standard InChI is InChI=1S/C11H12N2O/c14-10-2-1-9-11-7(5-13-9)3-4-12-6-8(10)11/h1-2,5,12-14H,3-4,6H2. The zero-order chi connectivity index (χ0) is 9.54. The second kappa shape index (κ2) is 2.75. The first-order valence-electron chi connectivity index (χ1n) is 4.88. The van der Waals surface area contributed by atoms with E-state index in [-0.39, 0.29) is 0 Å². The molecule has 1 aromatic carbocycles. The summed E-state index contributed by atoms with van der Waals surface area (Å²) < 4.78 is 0. The van der Waals surface area contributed by atoms with Gasteiger partial charge < -0.3 is 15.4 Å². The molecule has 3 N–H and O–H groups in total. The summed E-state index contributed by atoms with van der Waals surface area (Å²) in [6.07, 6.45) is 3.07. The summed E-state index contributed by atoms with van der Waals surface area (Å²) in [5, 5.41) is 14.3. The molecule has 0 saturated heterocycles. The van der Waals surface area contributed by atoms with Crippen LogP contribution in [-0.2, 0) is 13.0 Å². The van der Waals surface area contributed by atoms with Gasteiger partial charge in [-0.15, -0.1) is 0 Å². The van der Waals surface area contributed by atoms with Crippen LogP contribution in [0.4, 0.5) is 0 Å². The summed E-state index contributed by atoms with van der Waals surface area (Å²) in [4.78, 5) is 3.24. The topological polar surface area (TPSA) is 48.0 Å². The van der Waals surface area contributed by atoms with E-state index >= 15 is 0 Å². The first-order valence-corrected chi connectivity index (χ1v) is 4.88. The van der Waals surface area contributed by atoms with Crippen LogP contribution in [0.25, 0.3) is 10.9 Å². The number of aromatic hydroxyl groups is 1. The van der Waals surface area contributed by atoms with E-state index in [1.54, 1.807) is 6.07 Å². The lowest BCUT2D eigenvalue weighted by Crippen LogP contribution is -2.13. The SMILES string of the molecule is Oc1ccc2[nH]cc3c2c1CNCC3. The summed E-state index contributed by atoms with van der Waals surface area (Å²) >= 11 is 0. The van der Waals surface area contributed by atoms with Gasteiger partial charge in [0.25, 0.3) is 0 Å². The van der Waals surface area contributed by atoms with Crippen LogP contribution in [0.1, 0.15) is 11.1 Å². The largest absolute Gasteiger partial charge is 0.508 e. The second-order valence-electron chi connectivity index (χ2n) is 3.73. The molecule has 0 aliphatic carbocycles. The molecule has 0 fully saturated rings. The molecule has 3 heteroatoms. The average molecular weight is 188 g/mol. The average Bonchev–Trinajstić information content (AvgIpc) is 2.46. The molecule has 2 heterocycles. The maximum Gasteiger partial charge on any atom is 0.120 e. The van der Waals surface area contributed by atoms with Crippen molar-refractivity contribution in [2.24, 2.45) is 0 Å². The summed E-state index contributed by atoms with van der Waals surface area (Å²) in [5.74, 6) is 0.396. The first kappa shape index (κ1) is 7.88. The van der Waals surface area contributed by atoms with Crippen molar-refractivity contribution in [1.29, 1.82) is 0 Å². The molecule has 14 heavy (non-hydrogen) atoms. The Balaban J connectivity index is 2.42. The normalized spacial score (nSPS) is 15.7. The molecule has 3 rings (SSSR count). The van der Waals surface area contributed by atoms with Gasteiger partial charge in [-0.25, -0.2) is 0 Å². The van der Waals surface area contributed by atoms with Crippen LogP contribution in [0.5, 0.6) is 5.75 Å². The highest BCUT2D eigenvalue weighted by atomic mass is 16.3. The van der Waals surface area contributed by atoms with Crippen LogP contribution >= 0.6 is 0 Å². The zero-order valence-electron chi connectivity index (χ0n) is 7.80. The molecule has 1 aliphatic rings. The predicted molar refractivity (Wildman–Crippen MR) is 55.4 cm³/mol. The highest BCUT2D eigenvalue weighted by Gasteiger charge is 2.14. The van der Waals surface area contributed by atoms with Crippen molar-refractivity contribution in [2.75, 3.05) is 6.54 Å². The van der Waals surface area contributed by atoms with Crippen molar-refractivity contribution >= 4 is 10.9 Å². The molecule has 1 aliphatic heterocycles. The molecule has 72 valence electrons. The summed E-state index contributed by atoms with van der Waals surface area (Å²) in [5.41, 5.74) is 3.45. The molecular weight excluding hydrogens is 176 g/mol. The van der Waals surface area contributed by atoms with Crippen molar-refractivity contribution in [2.45, 2.75) is 13.0 Å². The van der Waals surface area contributed by atoms with Gasteiger partial charge >= 0.3 is 0 Å². The molecule has 0 atom stereocenters. The highest BCUT2D eigenvalue weighted by Crippen LogP contribution is 2.30. The Morgan fingerprint density at radius 1 is 1.29 bits per heavy atom. The monoisotopic (exact) mass is 188 g/mol. The number of nitrogens with one attached hydrogen (secondary N) is 2. The van der Waals surface area contributed by atoms with Gasteiger partial charge in [-0.1, -0.05) is 0 Å². The maximum atomic E-state index is 9.76. The van der Waals surface area contributed by atoms with E-state index < -0.39 is 0 Å². The molecule has 2 aromatic rings. The Kier molecular flexibility index (Phi) is 1.55. The molecule has 1 aromatic heterocycles. The maximum absolute atomic E-state index is 9.76. The first-order chi connectivity index (χ1) is 6.86. The number of benzene rings is 1. The summed E-state index contributed by atoms with van der Waals surface area (Å²) in [6, 6.07) is 3.69. The van der Waals surface area contributed by atoms with Crippen LogP contribution in [0, 0.1) is 0 Å². The van der Waals surface area contributed by atoms with Gasteiger partial charge in [0, 0.05) is 29.2 Å². The highest BCUT2D eigenvalue weighted by molar-refractivity contribution is 5.88. The van der Waals surface area contributed by atoms with Crippen LogP contribution < -0.4 is 5.32 Å². The Labute approximate surface area is 81.8 Å². The van der Waals surface area contributed by atoms with Crippen LogP contribution in [-0.4, -0.2) is 16.6 Å². The second-order valence-corrected chi connectivity index (χ2v) is 3.73. The lowest BCUT2D eigenvalue weighted by molar-refractivity contribution is 0.466. The third-order valence-electron chi connectivity index (χ3n) is 2.88. The minimum atomic E-state index is 0.396. The minimum Gasteiger partial charge on any atom is -0.508 e. The fourth-order valence-corrected chi connectivity index (χ4v) is 2.17. The van der Waals surface area contributed by atoms with Gasteiger partial charge in [-0.3, -0.25) is 0 Å². The fraction of sp³-hybridized carbons (Fsp3) is 0.273. The Bertz CT molecular complexity index is 487. The van der Waals surface area contributed by atoms with Gasteiger partial charge in [0.2, 0.25) is 0 Å². The number of hydrogen-bond donors (Lipinski definition) is 3. The zero-order valence-corrected chi connectivity index (χ0v) is 7.80. The summed E-state index contributed by atoms with van der Waals surface area (Å²) in [6.45, 7) is 1.73. The molecule has 0 unspecified atom stereocenters. The molecule has 0 amide bonds. The van der Waals surface area contributed by atoms with Gasteiger partial charge in [0.15, 0.2) is 0 Å². The van der Waals surface area contributed by atoms with E-state index in [4.69, 9.17) is 0 Å². The number of aromatic nitrogens is 1. The molecule has 0 radical (unpaired) electrons. The molecule has 0 saturated carbocycles. The van der Waals surface area contributed by atoms with E-state index in [9.17, 15) is 5.11 Å². The number of rotatable bonds is 0. The van der Waals surface area contributed by atoms with Crippen LogP contribution in [0.2, 0.25) is 0 Å². The summed E-state index contributed by atoms with van der Waals surface area (Å²) in [7, 11) is 0. The number of H-pyrrole nitrogens is 1. The molecule has 0 spiro atoms. The van der Waals surface area contributed by atoms with Crippen molar-refractivity contribution in [3.63, 3.8) is 0 Å². The third kappa shape index (κ3) is 0.960.